The second-order valence-electron chi connectivity index (χ2n) is 11.5. The van der Waals surface area contributed by atoms with Crippen molar-refractivity contribution in [3.8, 4) is 22.8 Å². The second-order valence-corrected chi connectivity index (χ2v) is 11.5. The fourth-order valence-electron chi connectivity index (χ4n) is 5.30. The Morgan fingerprint density at radius 3 is 2.31 bits per heavy atom. The summed E-state index contributed by atoms with van der Waals surface area (Å²) in [5, 5.41) is 3.68. The van der Waals surface area contributed by atoms with Crippen LogP contribution in [-0.4, -0.2) is 4.98 Å². The average molecular weight is 426 g/mol. The van der Waals surface area contributed by atoms with Gasteiger partial charge in [-0.2, -0.15) is 0 Å². The van der Waals surface area contributed by atoms with Crippen LogP contribution in [0.1, 0.15) is 58.2 Å². The zero-order valence-corrected chi connectivity index (χ0v) is 20.6. The topological polar surface area (TPSA) is 26.0 Å². The van der Waals surface area contributed by atoms with Crippen LogP contribution in [0.15, 0.2) is 42.7 Å². The Kier molecular flexibility index (Phi) is 4.43. The van der Waals surface area contributed by atoms with E-state index in [2.05, 4.69) is 96.5 Å². The minimum atomic E-state index is -0.0668. The van der Waals surface area contributed by atoms with Gasteiger partial charge in [0.15, 0.2) is 11.2 Å². The molecule has 0 saturated heterocycles. The second kappa shape index (κ2) is 6.78. The van der Waals surface area contributed by atoms with Gasteiger partial charge in [-0.25, -0.2) is 4.57 Å². The molecule has 3 aromatic carbocycles. The molecule has 0 atom stereocenters. The maximum Gasteiger partial charge on any atom is 0.287 e. The summed E-state index contributed by atoms with van der Waals surface area (Å²) >= 11 is 0. The van der Waals surface area contributed by atoms with Crippen molar-refractivity contribution in [3.63, 3.8) is 0 Å². The van der Waals surface area contributed by atoms with E-state index in [0.717, 1.165) is 28.8 Å². The highest BCUT2D eigenvalue weighted by atomic mass is 16.5. The summed E-state index contributed by atoms with van der Waals surface area (Å²) in [6, 6.07) is 13.2. The van der Waals surface area contributed by atoms with E-state index in [0.29, 0.717) is 0 Å². The van der Waals surface area contributed by atoms with Gasteiger partial charge in [-0.05, 0) is 63.2 Å². The predicted molar refractivity (Wildman–Crippen MR) is 133 cm³/mol. The van der Waals surface area contributed by atoms with Gasteiger partial charge in [0.25, 0.3) is 6.33 Å². The van der Waals surface area contributed by atoms with E-state index < -0.39 is 0 Å². The van der Waals surface area contributed by atoms with E-state index in [9.17, 15) is 0 Å². The average Bonchev–Trinajstić information content (AvgIpc) is 2.67. The fourth-order valence-corrected chi connectivity index (χ4v) is 5.30. The Labute approximate surface area is 191 Å². The molecule has 0 unspecified atom stereocenters. The Bertz CT molecular complexity index is 1400. The molecule has 0 aliphatic carbocycles. The van der Waals surface area contributed by atoms with Gasteiger partial charge in [-0.3, -0.25) is 0 Å². The molecule has 0 spiro atoms. The first kappa shape index (κ1) is 20.9. The summed E-state index contributed by atoms with van der Waals surface area (Å²) < 4.78 is 9.01. The molecular weight excluding hydrogens is 392 g/mol. The molecule has 3 heteroatoms. The van der Waals surface area contributed by atoms with E-state index in [4.69, 9.17) is 9.72 Å². The molecule has 0 saturated carbocycles. The van der Waals surface area contributed by atoms with E-state index >= 15 is 0 Å². The van der Waals surface area contributed by atoms with E-state index in [1.54, 1.807) is 0 Å². The van der Waals surface area contributed by atoms with Crippen LogP contribution in [0.2, 0.25) is 0 Å². The lowest BCUT2D eigenvalue weighted by molar-refractivity contribution is -0.662. The molecule has 5 rings (SSSR count). The van der Waals surface area contributed by atoms with Crippen LogP contribution in [0.25, 0.3) is 32.9 Å². The first-order valence-corrected chi connectivity index (χ1v) is 11.5. The van der Waals surface area contributed by atoms with Crippen LogP contribution in [0.3, 0.4) is 0 Å². The Morgan fingerprint density at radius 1 is 0.969 bits per heavy atom. The zero-order chi connectivity index (χ0) is 23.0. The number of fused-ring (bicyclic) bond motifs is 3. The molecule has 2 heterocycles. The van der Waals surface area contributed by atoms with Gasteiger partial charge in [0, 0.05) is 5.56 Å². The van der Waals surface area contributed by atoms with E-state index in [1.165, 1.54) is 38.7 Å². The van der Waals surface area contributed by atoms with Gasteiger partial charge >= 0.3 is 0 Å². The minimum Gasteiger partial charge on any atom is -0.455 e. The highest BCUT2D eigenvalue weighted by Crippen LogP contribution is 2.53. The Hall–Kier alpha value is -2.94. The van der Waals surface area contributed by atoms with Crippen molar-refractivity contribution in [1.82, 2.24) is 4.98 Å². The normalized spacial score (nSPS) is 13.4. The molecule has 1 aliphatic heterocycles. The number of ether oxygens (including phenoxy) is 1. The van der Waals surface area contributed by atoms with Crippen molar-refractivity contribution >= 4 is 21.7 Å². The van der Waals surface area contributed by atoms with Crippen molar-refractivity contribution in [1.29, 1.82) is 0 Å². The lowest BCUT2D eigenvalue weighted by atomic mass is 9.78. The first-order valence-electron chi connectivity index (χ1n) is 11.5. The molecule has 4 aromatic rings. The largest absolute Gasteiger partial charge is 0.455 e. The smallest absolute Gasteiger partial charge is 0.287 e. The molecule has 1 aromatic heterocycles. The molecule has 3 nitrogen and oxygen atoms in total. The van der Waals surface area contributed by atoms with Crippen LogP contribution >= 0.6 is 0 Å². The summed E-state index contributed by atoms with van der Waals surface area (Å²) in [4.78, 5) is 4.79. The number of aryl methyl sites for hydroxylation is 2. The molecule has 32 heavy (non-hydrogen) atoms. The summed E-state index contributed by atoms with van der Waals surface area (Å²) in [7, 11) is 2.09. The van der Waals surface area contributed by atoms with E-state index in [1.807, 2.05) is 6.33 Å². The predicted octanol–water partition coefficient (Wildman–Crippen LogP) is 7.18. The fraction of sp³-hybridized carbons (Fsp3) is 0.379. The third kappa shape index (κ3) is 3.18. The molecule has 1 aliphatic rings. The van der Waals surface area contributed by atoms with Gasteiger partial charge in [0.05, 0.1) is 12.6 Å². The Balaban J connectivity index is 1.93. The summed E-state index contributed by atoms with van der Waals surface area (Å²) in [6.45, 7) is 15.9. The maximum atomic E-state index is 6.85. The van der Waals surface area contributed by atoms with Crippen molar-refractivity contribution < 1.29 is 9.30 Å². The number of aromatic nitrogens is 2. The van der Waals surface area contributed by atoms with Crippen molar-refractivity contribution in [3.05, 3.63) is 59.4 Å². The van der Waals surface area contributed by atoms with Gasteiger partial charge in [0.1, 0.15) is 16.9 Å². The molecule has 164 valence electrons. The number of hydrogen-bond donors (Lipinski definition) is 0. The van der Waals surface area contributed by atoms with Crippen LogP contribution in [0.4, 0.5) is 0 Å². The van der Waals surface area contributed by atoms with Crippen molar-refractivity contribution in [2.75, 3.05) is 0 Å². The number of benzene rings is 3. The lowest BCUT2D eigenvalue weighted by Crippen LogP contribution is -2.33. The van der Waals surface area contributed by atoms with Crippen LogP contribution in [-0.2, 0) is 18.9 Å². The third-order valence-electron chi connectivity index (χ3n) is 6.46. The van der Waals surface area contributed by atoms with Gasteiger partial charge < -0.3 is 4.74 Å². The summed E-state index contributed by atoms with van der Waals surface area (Å²) in [6.07, 6.45) is 2.93. The van der Waals surface area contributed by atoms with Crippen LogP contribution in [0.5, 0.6) is 11.5 Å². The zero-order valence-electron chi connectivity index (χ0n) is 20.6. The minimum absolute atomic E-state index is 0.0668. The Morgan fingerprint density at radius 2 is 1.66 bits per heavy atom. The highest BCUT2D eigenvalue weighted by molar-refractivity contribution is 6.06. The number of nitrogens with zero attached hydrogens (tertiary/aromatic N) is 2. The number of rotatable bonds is 1. The molecule has 0 bridgehead atoms. The van der Waals surface area contributed by atoms with E-state index in [-0.39, 0.29) is 10.8 Å². The van der Waals surface area contributed by atoms with Crippen molar-refractivity contribution in [2.45, 2.75) is 60.3 Å². The van der Waals surface area contributed by atoms with Gasteiger partial charge in [-0.15, -0.1) is 0 Å². The highest BCUT2D eigenvalue weighted by Gasteiger charge is 2.35. The van der Waals surface area contributed by atoms with Crippen molar-refractivity contribution in [2.24, 2.45) is 12.5 Å². The first-order chi connectivity index (χ1) is 15.0. The van der Waals surface area contributed by atoms with Gasteiger partial charge in [-0.1, -0.05) is 65.8 Å². The third-order valence-corrected chi connectivity index (χ3v) is 6.46. The summed E-state index contributed by atoms with van der Waals surface area (Å²) in [5.41, 5.74) is 7.32. The molecule has 0 amide bonds. The monoisotopic (exact) mass is 425 g/mol. The van der Waals surface area contributed by atoms with Gasteiger partial charge in [0.2, 0.25) is 0 Å². The van der Waals surface area contributed by atoms with Crippen LogP contribution in [0, 0.1) is 12.3 Å². The SMILES string of the molecule is Cc1c2c(c(C(C)(C)C)c3ccccc13)Oc1cc(CC(C)(C)C)cc3nc[n+](C)c-2c13. The molecule has 0 N–H and O–H groups in total. The maximum absolute atomic E-state index is 6.85. The molecule has 0 radical (unpaired) electrons. The summed E-state index contributed by atoms with van der Waals surface area (Å²) in [5.74, 6) is 1.92. The number of hydrogen-bond acceptors (Lipinski definition) is 2. The lowest BCUT2D eigenvalue weighted by Gasteiger charge is -2.31. The van der Waals surface area contributed by atoms with Crippen LogP contribution < -0.4 is 9.30 Å². The molecular formula is C29H33N2O+. The molecule has 0 fully saturated rings. The standard InChI is InChI=1S/C29H33N2O/c1-17-19-11-9-10-12-20(19)25(29(5,6)7)27-23(17)26-24-21(30-16-31(26)8)13-18(14-22(24)32-27)15-28(2,3)4/h9-14,16H,15H2,1-8H3/q+1. The quantitative estimate of drug-likeness (QED) is 0.266.